The molecule has 6 bridgehead atoms. The van der Waals surface area contributed by atoms with Gasteiger partial charge in [0.15, 0.2) is 34.5 Å². The van der Waals surface area contributed by atoms with Gasteiger partial charge in [0.1, 0.15) is 36.6 Å². The van der Waals surface area contributed by atoms with Crippen LogP contribution in [0.2, 0.25) is 0 Å². The molecular formula is C51H59N3O13S. The molecule has 0 radical (unpaired) electrons. The van der Waals surface area contributed by atoms with Crippen LogP contribution in [0.1, 0.15) is 52.6 Å². The molecule has 3 saturated heterocycles. The molecule has 0 aromatic heterocycles. The maximum absolute atomic E-state index is 10.4. The summed E-state index contributed by atoms with van der Waals surface area (Å²) in [5.74, 6) is 3.57. The number of aliphatic hydroxyl groups excluding tert-OH is 3. The van der Waals surface area contributed by atoms with Crippen molar-refractivity contribution in [1.82, 2.24) is 14.7 Å². The third kappa shape index (κ3) is 5.97. The van der Waals surface area contributed by atoms with Crippen molar-refractivity contribution in [3.05, 3.63) is 106 Å². The lowest BCUT2D eigenvalue weighted by atomic mass is 9.53. The average Bonchev–Trinajstić information content (AvgIpc) is 3.97. The van der Waals surface area contributed by atoms with Crippen LogP contribution >= 0.6 is 0 Å². The first-order valence-corrected chi connectivity index (χ1v) is 25.2. The summed E-state index contributed by atoms with van der Waals surface area (Å²) in [6.07, 6.45) is 15.5. The van der Waals surface area contributed by atoms with E-state index in [1.807, 2.05) is 36.4 Å². The molecule has 16 nitrogen and oxygen atoms in total. The lowest BCUT2D eigenvalue weighted by Gasteiger charge is -2.56. The normalized spacial score (nSPS) is 40.3. The van der Waals surface area contributed by atoms with E-state index < -0.39 is 28.7 Å². The molecule has 68 heavy (non-hydrogen) atoms. The fourth-order valence-electron chi connectivity index (χ4n) is 15.7. The summed E-state index contributed by atoms with van der Waals surface area (Å²) < 4.78 is 49.8. The van der Waals surface area contributed by atoms with Crippen LogP contribution in [0.15, 0.2) is 72.9 Å². The number of aromatic hydroxyl groups is 3. The Bertz CT molecular complexity index is 2540. The summed E-state index contributed by atoms with van der Waals surface area (Å²) in [6.45, 7) is 3.03. The lowest BCUT2D eigenvalue weighted by molar-refractivity contribution is -0.0453. The van der Waals surface area contributed by atoms with Crippen LogP contribution in [0, 0.1) is 17.8 Å². The molecule has 15 atom stereocenters. The second-order valence-corrected chi connectivity index (χ2v) is 22.1. The molecule has 0 amide bonds. The van der Waals surface area contributed by atoms with Gasteiger partial charge < -0.3 is 59.5 Å². The van der Waals surface area contributed by atoms with E-state index in [-0.39, 0.29) is 51.8 Å². The molecule has 3 aromatic rings. The molecule has 6 heterocycles. The molecule has 12 aliphatic rings. The molecule has 3 fully saturated rings. The fraction of sp³-hybridized carbons (Fsp3) is 0.529. The zero-order valence-electron chi connectivity index (χ0n) is 38.1. The van der Waals surface area contributed by atoms with Gasteiger partial charge in [0.25, 0.3) is 0 Å². The number of benzene rings is 3. The van der Waals surface area contributed by atoms with Crippen LogP contribution in [0.3, 0.4) is 0 Å². The van der Waals surface area contributed by atoms with Gasteiger partial charge in [-0.05, 0) is 114 Å². The number of likely N-dealkylation sites (tertiary alicyclic amines) is 3. The third-order valence-corrected chi connectivity index (χ3v) is 18.4. The number of hydrogen-bond acceptors (Lipinski definition) is 14. The van der Waals surface area contributed by atoms with E-state index in [2.05, 4.69) is 54.1 Å². The smallest absolute Gasteiger partial charge is 0.394 e. The number of phenols is 3. The van der Waals surface area contributed by atoms with Crippen LogP contribution in [0.25, 0.3) is 0 Å². The van der Waals surface area contributed by atoms with E-state index >= 15 is 0 Å². The van der Waals surface area contributed by atoms with Crippen molar-refractivity contribution >= 4 is 10.4 Å². The first-order chi connectivity index (χ1) is 32.4. The Kier molecular flexibility index (Phi) is 9.92. The summed E-state index contributed by atoms with van der Waals surface area (Å²) in [4.78, 5) is 7.30. The maximum Gasteiger partial charge on any atom is 0.394 e. The van der Waals surface area contributed by atoms with Crippen molar-refractivity contribution in [2.75, 3.05) is 40.8 Å². The summed E-state index contributed by atoms with van der Waals surface area (Å²) in [5.41, 5.74) is 6.87. The zero-order valence-corrected chi connectivity index (χ0v) is 38.9. The van der Waals surface area contributed by atoms with E-state index in [9.17, 15) is 30.6 Å². The number of ether oxygens (including phenoxy) is 3. The van der Waals surface area contributed by atoms with Gasteiger partial charge in [0.2, 0.25) is 0 Å². The molecule has 8 N–H and O–H groups in total. The van der Waals surface area contributed by atoms with Gasteiger partial charge in [0, 0.05) is 68.8 Å². The van der Waals surface area contributed by atoms with E-state index in [0.717, 1.165) is 58.2 Å². The van der Waals surface area contributed by atoms with Gasteiger partial charge >= 0.3 is 10.4 Å². The molecular weight excluding hydrogens is 895 g/mol. The van der Waals surface area contributed by atoms with Crippen LogP contribution in [-0.2, 0) is 45.9 Å². The second kappa shape index (κ2) is 15.2. The van der Waals surface area contributed by atoms with Crippen LogP contribution < -0.4 is 14.2 Å². The topological polar surface area (TPSA) is 233 Å². The van der Waals surface area contributed by atoms with Gasteiger partial charge in [-0.25, -0.2) is 0 Å². The number of nitrogens with zero attached hydrogens (tertiary/aromatic N) is 3. The van der Waals surface area contributed by atoms with Crippen molar-refractivity contribution in [2.24, 2.45) is 17.8 Å². The van der Waals surface area contributed by atoms with Crippen LogP contribution in [-0.4, -0.2) is 158 Å². The van der Waals surface area contributed by atoms with Gasteiger partial charge in [-0.2, -0.15) is 8.42 Å². The highest BCUT2D eigenvalue weighted by molar-refractivity contribution is 7.79. The number of aliphatic hydroxyl groups is 3. The first-order valence-electron chi connectivity index (χ1n) is 23.8. The first kappa shape index (κ1) is 44.5. The Morgan fingerprint density at radius 1 is 0.485 bits per heavy atom. The van der Waals surface area contributed by atoms with E-state index in [1.54, 1.807) is 18.2 Å². The SMILES string of the molecule is CN1CC[C@]23c4c5ccc(O)c4O[C@H]2[C@@H](O)C=C[C@H]3[C@H]1C5.CN1CC[C@]23c4c5ccc(O)c4O[C@H]2[C@@H](O)C=C[C@H]3[C@H]1C5.CN1CC[C@]23c4c5ccc(O)c4O[C@H]2[C@@H](O)C=C[C@H]3[C@H]1C5.O=S(=O)(O)O. The predicted octanol–water partition coefficient (Wildman–Crippen LogP) is 2.94. The minimum absolute atomic E-state index is 0.160. The average molecular weight is 954 g/mol. The Morgan fingerprint density at radius 2 is 0.750 bits per heavy atom. The molecule has 15 rings (SSSR count). The quantitative estimate of drug-likeness (QED) is 0.120. The van der Waals surface area contributed by atoms with Crippen molar-refractivity contribution in [3.63, 3.8) is 0 Å². The molecule has 17 heteroatoms. The lowest BCUT2D eigenvalue weighted by Crippen LogP contribution is -2.64. The van der Waals surface area contributed by atoms with Crippen molar-refractivity contribution < 1.29 is 62.4 Å². The minimum atomic E-state index is -4.67. The molecule has 3 aromatic carbocycles. The Morgan fingerprint density at radius 3 is 1.01 bits per heavy atom. The molecule has 3 spiro atoms. The Hall–Kier alpha value is -4.69. The maximum atomic E-state index is 10.4. The number of rotatable bonds is 0. The standard InChI is InChI=1S/3C17H19NO3.H2O4S/c3*1-18-7-6-17-10-3-5-13(20)16(17)21-15-12(19)4-2-9(14(15)17)8-11(10)18;1-5(2,3)4/h3*2-5,10-11,13,16,19-20H,6-8H2,1H3;(H2,1,2,3,4)/t3*10-,11+,13-,16-,17-;/m000./s1. The highest BCUT2D eigenvalue weighted by Crippen LogP contribution is 2.65. The van der Waals surface area contributed by atoms with Gasteiger partial charge in [-0.3, -0.25) is 9.11 Å². The number of piperidine rings is 3. The summed E-state index contributed by atoms with van der Waals surface area (Å²) in [7, 11) is 1.90. The molecule has 362 valence electrons. The number of likely N-dealkylation sites (N-methyl/N-ethyl adjacent to an activating group) is 3. The monoisotopic (exact) mass is 953 g/mol. The summed E-state index contributed by atoms with van der Waals surface area (Å²) in [5, 5.41) is 61.9. The van der Waals surface area contributed by atoms with E-state index in [1.165, 1.54) is 33.4 Å². The highest BCUT2D eigenvalue weighted by Gasteiger charge is 2.67. The molecule has 0 saturated carbocycles. The summed E-state index contributed by atoms with van der Waals surface area (Å²) >= 11 is 0. The van der Waals surface area contributed by atoms with Crippen molar-refractivity contribution in [2.45, 2.75) is 110 Å². The number of hydrogen-bond donors (Lipinski definition) is 8. The largest absolute Gasteiger partial charge is 0.504 e. The Balaban J connectivity index is 0.000000101. The third-order valence-electron chi connectivity index (χ3n) is 18.4. The van der Waals surface area contributed by atoms with Gasteiger partial charge in [0.05, 0.1) is 0 Å². The van der Waals surface area contributed by atoms with E-state index in [4.69, 9.17) is 31.7 Å². The van der Waals surface area contributed by atoms with Crippen LogP contribution in [0.5, 0.6) is 34.5 Å². The van der Waals surface area contributed by atoms with Crippen molar-refractivity contribution in [1.29, 1.82) is 0 Å². The minimum Gasteiger partial charge on any atom is -0.504 e. The fourth-order valence-corrected chi connectivity index (χ4v) is 15.7. The highest BCUT2D eigenvalue weighted by atomic mass is 32.3. The second-order valence-electron chi connectivity index (χ2n) is 21.2. The molecule has 6 aliphatic heterocycles. The van der Waals surface area contributed by atoms with E-state index in [0.29, 0.717) is 53.1 Å². The van der Waals surface area contributed by atoms with Crippen molar-refractivity contribution in [3.8, 4) is 34.5 Å². The number of phenolic OH excluding ortho intramolecular Hbond substituents is 3. The van der Waals surface area contributed by atoms with Gasteiger partial charge in [-0.1, -0.05) is 54.7 Å². The Labute approximate surface area is 394 Å². The molecule has 6 aliphatic carbocycles. The van der Waals surface area contributed by atoms with Crippen LogP contribution in [0.4, 0.5) is 0 Å². The molecule has 0 unspecified atom stereocenters. The predicted molar refractivity (Wildman–Crippen MR) is 247 cm³/mol. The zero-order chi connectivity index (χ0) is 47.6. The van der Waals surface area contributed by atoms with Gasteiger partial charge in [-0.15, -0.1) is 0 Å². The summed E-state index contributed by atoms with van der Waals surface area (Å²) in [6, 6.07) is 12.7.